The lowest BCUT2D eigenvalue weighted by molar-refractivity contribution is 0.199. The third-order valence-corrected chi connectivity index (χ3v) is 5.15. The Morgan fingerprint density at radius 3 is 3.05 bits per heavy atom. The van der Waals surface area contributed by atoms with Crippen LogP contribution in [0.5, 0.6) is 0 Å². The SMILES string of the molecule is Cc1nc([C@H]2CCCN(Cc3sccc3C)C2)cc(=O)[nH]1. The molecule has 2 aromatic rings. The first-order valence-corrected chi connectivity index (χ1v) is 8.33. The molecule has 21 heavy (non-hydrogen) atoms. The van der Waals surface area contributed by atoms with Gasteiger partial charge in [0, 0.05) is 30.0 Å². The number of aryl methyl sites for hydroxylation is 2. The van der Waals surface area contributed by atoms with Gasteiger partial charge in [-0.2, -0.15) is 0 Å². The zero-order valence-corrected chi connectivity index (χ0v) is 13.4. The summed E-state index contributed by atoms with van der Waals surface area (Å²) in [5.41, 5.74) is 2.29. The average molecular weight is 303 g/mol. The fraction of sp³-hybridized carbons (Fsp3) is 0.500. The standard InChI is InChI=1S/C16H21N3OS/c1-11-5-7-21-15(11)10-19-6-3-4-13(9-19)14-8-16(20)18-12(2)17-14/h5,7-8,13H,3-4,6,9-10H2,1-2H3,(H,17,18,20)/t13-/m0/s1. The minimum Gasteiger partial charge on any atom is -0.311 e. The molecule has 0 unspecified atom stereocenters. The molecule has 0 spiro atoms. The topological polar surface area (TPSA) is 49.0 Å². The van der Waals surface area contributed by atoms with Crippen molar-refractivity contribution in [2.24, 2.45) is 0 Å². The Bertz CT molecular complexity index is 676. The number of aromatic nitrogens is 2. The highest BCUT2D eigenvalue weighted by molar-refractivity contribution is 7.10. The van der Waals surface area contributed by atoms with Gasteiger partial charge < -0.3 is 4.98 Å². The highest BCUT2D eigenvalue weighted by Crippen LogP contribution is 2.27. The number of hydrogen-bond donors (Lipinski definition) is 1. The number of nitrogens with zero attached hydrogens (tertiary/aromatic N) is 2. The van der Waals surface area contributed by atoms with Crippen LogP contribution in [0.1, 0.15) is 40.7 Å². The molecule has 1 fully saturated rings. The van der Waals surface area contributed by atoms with E-state index in [1.165, 1.54) is 16.9 Å². The van der Waals surface area contributed by atoms with Gasteiger partial charge in [0.2, 0.25) is 0 Å². The smallest absolute Gasteiger partial charge is 0.251 e. The molecule has 0 amide bonds. The van der Waals surface area contributed by atoms with Crippen molar-refractivity contribution in [3.8, 4) is 0 Å². The van der Waals surface area contributed by atoms with E-state index in [4.69, 9.17) is 0 Å². The molecule has 4 nitrogen and oxygen atoms in total. The number of piperidine rings is 1. The number of likely N-dealkylation sites (tertiary alicyclic amines) is 1. The summed E-state index contributed by atoms with van der Waals surface area (Å²) in [6.45, 7) is 7.17. The zero-order chi connectivity index (χ0) is 14.8. The van der Waals surface area contributed by atoms with Crippen molar-refractivity contribution in [2.45, 2.75) is 39.2 Å². The van der Waals surface area contributed by atoms with Gasteiger partial charge in [-0.3, -0.25) is 9.69 Å². The van der Waals surface area contributed by atoms with Crippen LogP contribution in [0, 0.1) is 13.8 Å². The van der Waals surface area contributed by atoms with Crippen LogP contribution in [-0.4, -0.2) is 28.0 Å². The number of thiophene rings is 1. The summed E-state index contributed by atoms with van der Waals surface area (Å²) in [6, 6.07) is 3.85. The summed E-state index contributed by atoms with van der Waals surface area (Å²) in [7, 11) is 0. The summed E-state index contributed by atoms with van der Waals surface area (Å²) in [5, 5.41) is 2.16. The minimum absolute atomic E-state index is 0.0382. The second-order valence-electron chi connectivity index (χ2n) is 5.86. The Kier molecular flexibility index (Phi) is 4.22. The largest absolute Gasteiger partial charge is 0.311 e. The maximum Gasteiger partial charge on any atom is 0.251 e. The van der Waals surface area contributed by atoms with Crippen molar-refractivity contribution in [3.05, 3.63) is 49.8 Å². The first kappa shape index (κ1) is 14.5. The third-order valence-electron chi connectivity index (χ3n) is 4.14. The van der Waals surface area contributed by atoms with Gasteiger partial charge in [-0.25, -0.2) is 4.98 Å². The molecule has 0 saturated carbocycles. The molecule has 0 aliphatic carbocycles. The second-order valence-corrected chi connectivity index (χ2v) is 6.86. The molecule has 1 atom stereocenters. The van der Waals surface area contributed by atoms with Crippen LogP contribution in [0.4, 0.5) is 0 Å². The maximum atomic E-state index is 11.6. The van der Waals surface area contributed by atoms with Gasteiger partial charge in [-0.1, -0.05) is 0 Å². The lowest BCUT2D eigenvalue weighted by atomic mass is 9.94. The summed E-state index contributed by atoms with van der Waals surface area (Å²) < 4.78 is 0. The summed E-state index contributed by atoms with van der Waals surface area (Å²) in [4.78, 5) is 22.8. The van der Waals surface area contributed by atoms with E-state index in [-0.39, 0.29) is 5.56 Å². The van der Waals surface area contributed by atoms with Gasteiger partial charge in [-0.05, 0) is 50.2 Å². The Balaban J connectivity index is 1.73. The number of rotatable bonds is 3. The van der Waals surface area contributed by atoms with E-state index in [0.717, 1.165) is 31.7 Å². The number of H-pyrrole nitrogens is 1. The molecule has 3 rings (SSSR count). The van der Waals surface area contributed by atoms with Gasteiger partial charge in [0.15, 0.2) is 0 Å². The molecule has 1 aliphatic heterocycles. The predicted molar refractivity (Wildman–Crippen MR) is 85.9 cm³/mol. The first-order valence-electron chi connectivity index (χ1n) is 7.45. The molecule has 112 valence electrons. The van der Waals surface area contributed by atoms with Crippen molar-refractivity contribution >= 4 is 11.3 Å². The van der Waals surface area contributed by atoms with Crippen LogP contribution in [0.2, 0.25) is 0 Å². The van der Waals surface area contributed by atoms with E-state index in [0.29, 0.717) is 11.7 Å². The summed E-state index contributed by atoms with van der Waals surface area (Å²) in [6.07, 6.45) is 2.29. The number of aromatic amines is 1. The van der Waals surface area contributed by atoms with Crippen molar-refractivity contribution in [1.29, 1.82) is 0 Å². The van der Waals surface area contributed by atoms with E-state index in [1.54, 1.807) is 6.07 Å². The Morgan fingerprint density at radius 2 is 2.33 bits per heavy atom. The fourth-order valence-electron chi connectivity index (χ4n) is 3.02. The van der Waals surface area contributed by atoms with E-state index >= 15 is 0 Å². The quantitative estimate of drug-likeness (QED) is 0.948. The number of nitrogens with one attached hydrogen (secondary N) is 1. The lowest BCUT2D eigenvalue weighted by Crippen LogP contribution is -2.34. The normalized spacial score (nSPS) is 19.8. The van der Waals surface area contributed by atoms with E-state index in [9.17, 15) is 4.79 Å². The molecule has 0 radical (unpaired) electrons. The molecular weight excluding hydrogens is 282 g/mol. The van der Waals surface area contributed by atoms with Crippen molar-refractivity contribution in [3.63, 3.8) is 0 Å². The van der Waals surface area contributed by atoms with Gasteiger partial charge in [-0.15, -0.1) is 11.3 Å². The minimum atomic E-state index is -0.0382. The van der Waals surface area contributed by atoms with Crippen LogP contribution >= 0.6 is 11.3 Å². The van der Waals surface area contributed by atoms with E-state index in [1.807, 2.05) is 18.3 Å². The van der Waals surface area contributed by atoms with Crippen LogP contribution in [-0.2, 0) is 6.54 Å². The van der Waals surface area contributed by atoms with Gasteiger partial charge in [0.25, 0.3) is 5.56 Å². The van der Waals surface area contributed by atoms with Gasteiger partial charge in [0.05, 0.1) is 5.69 Å². The third kappa shape index (κ3) is 3.41. The highest BCUT2D eigenvalue weighted by atomic mass is 32.1. The first-order chi connectivity index (χ1) is 10.1. The van der Waals surface area contributed by atoms with Crippen molar-refractivity contribution in [2.75, 3.05) is 13.1 Å². The predicted octanol–water partition coefficient (Wildman–Crippen LogP) is 2.83. The highest BCUT2D eigenvalue weighted by Gasteiger charge is 2.23. The van der Waals surface area contributed by atoms with Crippen molar-refractivity contribution < 1.29 is 0 Å². The van der Waals surface area contributed by atoms with Crippen LogP contribution in [0.15, 0.2) is 22.3 Å². The van der Waals surface area contributed by atoms with Crippen LogP contribution < -0.4 is 5.56 Å². The van der Waals surface area contributed by atoms with Crippen LogP contribution in [0.25, 0.3) is 0 Å². The molecule has 1 saturated heterocycles. The van der Waals surface area contributed by atoms with Gasteiger partial charge >= 0.3 is 0 Å². The Hall–Kier alpha value is -1.46. The summed E-state index contributed by atoms with van der Waals surface area (Å²) >= 11 is 1.83. The average Bonchev–Trinajstić information content (AvgIpc) is 2.84. The molecule has 1 aliphatic rings. The van der Waals surface area contributed by atoms with Crippen LogP contribution in [0.3, 0.4) is 0 Å². The summed E-state index contributed by atoms with van der Waals surface area (Å²) in [5.74, 6) is 1.09. The maximum absolute atomic E-state index is 11.6. The number of hydrogen-bond acceptors (Lipinski definition) is 4. The van der Waals surface area contributed by atoms with E-state index < -0.39 is 0 Å². The molecule has 0 bridgehead atoms. The molecule has 0 aromatic carbocycles. The van der Waals surface area contributed by atoms with Crippen molar-refractivity contribution in [1.82, 2.24) is 14.9 Å². The molecular formula is C16H21N3OS. The molecule has 1 N–H and O–H groups in total. The zero-order valence-electron chi connectivity index (χ0n) is 12.6. The molecule has 5 heteroatoms. The van der Waals surface area contributed by atoms with Gasteiger partial charge in [0.1, 0.15) is 5.82 Å². The molecule has 3 heterocycles. The monoisotopic (exact) mass is 303 g/mol. The fourth-order valence-corrected chi connectivity index (χ4v) is 3.97. The van der Waals surface area contributed by atoms with E-state index in [2.05, 4.69) is 33.2 Å². The Labute approximate surface area is 128 Å². The molecule has 2 aromatic heterocycles. The lowest BCUT2D eigenvalue weighted by Gasteiger charge is -2.32. The Morgan fingerprint density at radius 1 is 1.48 bits per heavy atom. The second kappa shape index (κ2) is 6.12.